The highest BCUT2D eigenvalue weighted by Gasteiger charge is 2.25. The van der Waals surface area contributed by atoms with Gasteiger partial charge < -0.3 is 0 Å². The topological polar surface area (TPSA) is 47.8 Å². The van der Waals surface area contributed by atoms with Crippen molar-refractivity contribution >= 4 is 6.29 Å². The van der Waals surface area contributed by atoms with Gasteiger partial charge in [-0.3, -0.25) is 14.5 Å². The molecule has 1 aliphatic carbocycles. The normalized spacial score (nSPS) is 15.2. The summed E-state index contributed by atoms with van der Waals surface area (Å²) < 4.78 is 27.7. The fraction of sp³-hybridized carbons (Fsp3) is 0.571. The first-order chi connectivity index (χ1) is 12.7. The third kappa shape index (κ3) is 6.22. The van der Waals surface area contributed by atoms with E-state index in [1.165, 1.54) is 37.8 Å². The van der Waals surface area contributed by atoms with E-state index in [1.54, 1.807) is 6.92 Å². The molecule has 0 radical (unpaired) electrons. The maximum Gasteiger partial charge on any atom is 0.272 e. The molecule has 2 heterocycles. The van der Waals surface area contributed by atoms with Crippen LogP contribution in [0.25, 0.3) is 0 Å². The average Bonchev–Trinajstić information content (AvgIpc) is 2.93. The summed E-state index contributed by atoms with van der Waals surface area (Å²) in [7, 11) is 0. The lowest BCUT2D eigenvalue weighted by molar-refractivity contribution is 0.0171. The summed E-state index contributed by atoms with van der Waals surface area (Å²) in [5.74, 6) is -2.07. The van der Waals surface area contributed by atoms with Crippen LogP contribution >= 0.6 is 0 Å². The van der Waals surface area contributed by atoms with Crippen molar-refractivity contribution in [1.82, 2.24) is 14.8 Å². The van der Waals surface area contributed by atoms with Gasteiger partial charge in [0.25, 0.3) is 5.92 Å². The molecule has 6 heteroatoms. The molecule has 4 nitrogen and oxygen atoms in total. The van der Waals surface area contributed by atoms with E-state index in [2.05, 4.69) is 34.7 Å². The highest BCUT2D eigenvalue weighted by molar-refractivity contribution is 5.76. The van der Waals surface area contributed by atoms with Crippen molar-refractivity contribution in [3.8, 4) is 0 Å². The second-order valence-corrected chi connectivity index (χ2v) is 7.52. The Labute approximate surface area is 160 Å². The smallest absolute Gasteiger partial charge is 0.272 e. The summed E-state index contributed by atoms with van der Waals surface area (Å²) in [6.07, 6.45) is 8.69. The molecule has 2 aromatic heterocycles. The van der Waals surface area contributed by atoms with Gasteiger partial charge in [0.2, 0.25) is 0 Å². The van der Waals surface area contributed by atoms with Gasteiger partial charge in [-0.25, -0.2) is 8.78 Å². The number of carbonyl (C=O) groups excluding carboxylic acids is 1. The van der Waals surface area contributed by atoms with Crippen LogP contribution in [0.2, 0.25) is 0 Å². The molecule has 0 N–H and O–H groups in total. The Bertz CT molecular complexity index is 759. The van der Waals surface area contributed by atoms with Crippen LogP contribution in [0.1, 0.15) is 72.0 Å². The second kappa shape index (κ2) is 9.20. The Kier molecular flexibility index (Phi) is 7.22. The Hall–Kier alpha value is -2.11. The molecule has 0 saturated heterocycles. The van der Waals surface area contributed by atoms with E-state index < -0.39 is 5.92 Å². The summed E-state index contributed by atoms with van der Waals surface area (Å²) in [6, 6.07) is 3.33. The summed E-state index contributed by atoms with van der Waals surface area (Å²) in [5, 5.41) is 4.52. The highest BCUT2D eigenvalue weighted by Crippen LogP contribution is 2.27. The molecule has 27 heavy (non-hydrogen) atoms. The predicted octanol–water partition coefficient (Wildman–Crippen LogP) is 5.39. The van der Waals surface area contributed by atoms with Gasteiger partial charge in [0, 0.05) is 42.2 Å². The maximum atomic E-state index is 12.7. The molecular weight excluding hydrogens is 348 g/mol. The van der Waals surface area contributed by atoms with Crippen molar-refractivity contribution in [2.75, 3.05) is 0 Å². The van der Waals surface area contributed by atoms with Gasteiger partial charge in [-0.05, 0) is 51.7 Å². The first-order valence-corrected chi connectivity index (χ1v) is 9.52. The van der Waals surface area contributed by atoms with Gasteiger partial charge >= 0.3 is 0 Å². The number of halogens is 2. The second-order valence-electron chi connectivity index (χ2n) is 7.52. The van der Waals surface area contributed by atoms with E-state index >= 15 is 0 Å². The lowest BCUT2D eigenvalue weighted by Crippen LogP contribution is -2.15. The number of pyridine rings is 1. The van der Waals surface area contributed by atoms with E-state index in [4.69, 9.17) is 0 Å². The molecule has 1 saturated carbocycles. The number of carbonyl (C=O) groups is 1. The summed E-state index contributed by atoms with van der Waals surface area (Å²) in [6.45, 7) is 7.74. The number of hydrogen-bond acceptors (Lipinski definition) is 3. The molecule has 1 fully saturated rings. The Balaban J connectivity index is 0.000000194. The largest absolute Gasteiger partial charge is 0.298 e. The summed E-state index contributed by atoms with van der Waals surface area (Å²) in [5.41, 5.74) is 2.90. The molecule has 0 bridgehead atoms. The van der Waals surface area contributed by atoms with E-state index in [-0.39, 0.29) is 11.1 Å². The Morgan fingerprint density at radius 3 is 2.37 bits per heavy atom. The monoisotopic (exact) mass is 377 g/mol. The van der Waals surface area contributed by atoms with Gasteiger partial charge in [-0.2, -0.15) is 5.10 Å². The quantitative estimate of drug-likeness (QED) is 0.671. The minimum Gasteiger partial charge on any atom is -0.298 e. The van der Waals surface area contributed by atoms with E-state index in [0.29, 0.717) is 12.0 Å². The predicted molar refractivity (Wildman–Crippen MR) is 102 cm³/mol. The molecular formula is C21H29F2N3O. The van der Waals surface area contributed by atoms with Crippen LogP contribution in [0.3, 0.4) is 0 Å². The fourth-order valence-corrected chi connectivity index (χ4v) is 3.38. The van der Waals surface area contributed by atoms with E-state index in [9.17, 15) is 13.6 Å². The number of rotatable bonds is 4. The minimum atomic E-state index is -2.95. The van der Waals surface area contributed by atoms with Crippen molar-refractivity contribution in [3.63, 3.8) is 0 Å². The van der Waals surface area contributed by atoms with E-state index in [1.807, 2.05) is 0 Å². The Morgan fingerprint density at radius 1 is 1.19 bits per heavy atom. The first kappa shape index (κ1) is 21.2. The van der Waals surface area contributed by atoms with Crippen LogP contribution in [-0.2, 0) is 12.5 Å². The summed E-state index contributed by atoms with van der Waals surface area (Å²) >= 11 is 0. The van der Waals surface area contributed by atoms with Crippen molar-refractivity contribution in [3.05, 3.63) is 46.5 Å². The Morgan fingerprint density at radius 2 is 1.85 bits per heavy atom. The van der Waals surface area contributed by atoms with Crippen molar-refractivity contribution in [2.24, 2.45) is 5.92 Å². The molecule has 0 aromatic carbocycles. The highest BCUT2D eigenvalue weighted by atomic mass is 19.3. The third-order valence-electron chi connectivity index (χ3n) is 5.02. The van der Waals surface area contributed by atoms with Crippen LogP contribution < -0.4 is 0 Å². The molecule has 148 valence electrons. The van der Waals surface area contributed by atoms with E-state index in [0.717, 1.165) is 37.3 Å². The van der Waals surface area contributed by atoms with Crippen molar-refractivity contribution in [2.45, 2.75) is 72.3 Å². The van der Waals surface area contributed by atoms with Gasteiger partial charge in [0.1, 0.15) is 0 Å². The van der Waals surface area contributed by atoms with Gasteiger partial charge in [0.05, 0.1) is 5.69 Å². The standard InChI is InChI=1S/C12H20N2.C9H9F2NO/c1-10-8-11(2)14(13-10)9-12-6-4-3-5-7-12;1-6-7(5-13)3-8(4-12-6)9(2,10)11/h8,12H,3-7,9H2,1-2H3;3-5H,1-2H3. The first-order valence-electron chi connectivity index (χ1n) is 9.52. The average molecular weight is 377 g/mol. The van der Waals surface area contributed by atoms with Crippen LogP contribution in [0.15, 0.2) is 18.3 Å². The zero-order valence-corrected chi connectivity index (χ0v) is 16.6. The SMILES string of the molecule is Cc1cc(C)n(CC2CCCCC2)n1.Cc1ncc(C(C)(F)F)cc1C=O. The van der Waals surface area contributed by atoms with Crippen molar-refractivity contribution < 1.29 is 13.6 Å². The van der Waals surface area contributed by atoms with Gasteiger partial charge in [-0.15, -0.1) is 0 Å². The van der Waals surface area contributed by atoms with Crippen LogP contribution in [0, 0.1) is 26.7 Å². The molecule has 0 spiro atoms. The number of hydrogen-bond donors (Lipinski definition) is 0. The third-order valence-corrected chi connectivity index (χ3v) is 5.02. The minimum absolute atomic E-state index is 0.207. The molecule has 2 aromatic rings. The lowest BCUT2D eigenvalue weighted by Gasteiger charge is -2.21. The molecule has 0 atom stereocenters. The number of nitrogens with zero attached hydrogens (tertiary/aromatic N) is 3. The number of alkyl halides is 2. The number of aldehydes is 1. The van der Waals surface area contributed by atoms with Crippen LogP contribution in [-0.4, -0.2) is 21.1 Å². The molecule has 3 rings (SSSR count). The van der Waals surface area contributed by atoms with Crippen LogP contribution in [0.4, 0.5) is 8.78 Å². The van der Waals surface area contributed by atoms with Crippen molar-refractivity contribution in [1.29, 1.82) is 0 Å². The lowest BCUT2D eigenvalue weighted by atomic mass is 9.89. The molecule has 0 amide bonds. The van der Waals surface area contributed by atoms with Gasteiger partial charge in [0.15, 0.2) is 6.29 Å². The fourth-order valence-electron chi connectivity index (χ4n) is 3.38. The van der Waals surface area contributed by atoms with Crippen LogP contribution in [0.5, 0.6) is 0 Å². The number of aryl methyl sites for hydroxylation is 3. The summed E-state index contributed by atoms with van der Waals surface area (Å²) in [4.78, 5) is 14.1. The maximum absolute atomic E-state index is 12.7. The zero-order chi connectivity index (χ0) is 20.0. The molecule has 0 unspecified atom stereocenters. The zero-order valence-electron chi connectivity index (χ0n) is 16.6. The number of aromatic nitrogens is 3. The molecule has 0 aliphatic heterocycles. The molecule has 1 aliphatic rings. The van der Waals surface area contributed by atoms with Gasteiger partial charge in [-0.1, -0.05) is 19.3 Å².